The summed E-state index contributed by atoms with van der Waals surface area (Å²) >= 11 is 0. The molecule has 174 valence electrons. The number of para-hydroxylation sites is 1. The van der Waals surface area contributed by atoms with Crippen molar-refractivity contribution in [1.29, 1.82) is 0 Å². The third kappa shape index (κ3) is 3.97. The zero-order valence-electron chi connectivity index (χ0n) is 19.5. The molecule has 0 fully saturated rings. The molecule has 35 heavy (non-hydrogen) atoms. The molecule has 5 rings (SSSR count). The number of hydrogen-bond donors (Lipinski definition) is 3. The Kier molecular flexibility index (Phi) is 5.45. The molecule has 2 aromatic heterocycles. The van der Waals surface area contributed by atoms with Gasteiger partial charge in [-0.15, -0.1) is 0 Å². The minimum absolute atomic E-state index is 0.0509. The lowest BCUT2D eigenvalue weighted by atomic mass is 10.0. The molecule has 2 heterocycles. The number of carbonyl (C=O) groups is 2. The number of benzene rings is 3. The Morgan fingerprint density at radius 1 is 0.971 bits per heavy atom. The van der Waals surface area contributed by atoms with Gasteiger partial charge in [0.15, 0.2) is 5.76 Å². The van der Waals surface area contributed by atoms with Gasteiger partial charge in [0.2, 0.25) is 5.78 Å². The van der Waals surface area contributed by atoms with Crippen LogP contribution in [0.15, 0.2) is 71.1 Å². The number of amides is 1. The summed E-state index contributed by atoms with van der Waals surface area (Å²) < 4.78 is 5.87. The first-order chi connectivity index (χ1) is 16.8. The number of furan rings is 1. The number of nitrogens with zero attached hydrogens (tertiary/aromatic N) is 1. The Balaban J connectivity index is 1.50. The molecule has 0 spiro atoms. The van der Waals surface area contributed by atoms with Gasteiger partial charge in [0.25, 0.3) is 5.91 Å². The van der Waals surface area contributed by atoms with Crippen molar-refractivity contribution in [1.82, 2.24) is 10.2 Å². The largest absolute Gasteiger partial charge is 0.507 e. The van der Waals surface area contributed by atoms with Crippen molar-refractivity contribution in [3.63, 3.8) is 0 Å². The van der Waals surface area contributed by atoms with E-state index in [1.807, 2.05) is 45.0 Å². The highest BCUT2D eigenvalue weighted by Crippen LogP contribution is 2.34. The molecule has 0 aliphatic carbocycles. The van der Waals surface area contributed by atoms with Crippen LogP contribution in [0.4, 0.5) is 5.69 Å². The number of aromatic amines is 1. The Morgan fingerprint density at radius 2 is 1.71 bits per heavy atom. The Labute approximate surface area is 201 Å². The predicted octanol–water partition coefficient (Wildman–Crippen LogP) is 5.94. The average molecular weight is 466 g/mol. The maximum Gasteiger partial charge on any atom is 0.273 e. The molecule has 0 radical (unpaired) electrons. The van der Waals surface area contributed by atoms with Crippen LogP contribution >= 0.6 is 0 Å². The number of hydrogen-bond acceptors (Lipinski definition) is 5. The number of nitrogens with one attached hydrogen (secondary N) is 2. The van der Waals surface area contributed by atoms with Gasteiger partial charge in [0.05, 0.1) is 11.4 Å². The fraction of sp³-hybridized carbons (Fsp3) is 0.107. The number of phenols is 1. The van der Waals surface area contributed by atoms with Crippen molar-refractivity contribution >= 4 is 28.3 Å². The van der Waals surface area contributed by atoms with Gasteiger partial charge in [0.1, 0.15) is 17.0 Å². The van der Waals surface area contributed by atoms with Crippen molar-refractivity contribution < 1.29 is 19.1 Å². The van der Waals surface area contributed by atoms with Gasteiger partial charge in [-0.3, -0.25) is 14.7 Å². The fourth-order valence-electron chi connectivity index (χ4n) is 3.93. The maximum atomic E-state index is 13.3. The Bertz CT molecular complexity index is 1590. The first-order valence-electron chi connectivity index (χ1n) is 11.1. The summed E-state index contributed by atoms with van der Waals surface area (Å²) in [6, 6.07) is 19.5. The van der Waals surface area contributed by atoms with Gasteiger partial charge in [-0.1, -0.05) is 48.0 Å². The van der Waals surface area contributed by atoms with Crippen LogP contribution in [0.3, 0.4) is 0 Å². The van der Waals surface area contributed by atoms with Crippen molar-refractivity contribution in [3.8, 4) is 17.0 Å². The molecule has 3 aromatic carbocycles. The lowest BCUT2D eigenvalue weighted by Gasteiger charge is -2.07. The summed E-state index contributed by atoms with van der Waals surface area (Å²) in [5, 5.41) is 20.9. The Hall–Kier alpha value is -4.65. The summed E-state index contributed by atoms with van der Waals surface area (Å²) in [5.41, 5.74) is 5.11. The van der Waals surface area contributed by atoms with E-state index in [4.69, 9.17) is 4.42 Å². The van der Waals surface area contributed by atoms with E-state index in [0.717, 1.165) is 16.7 Å². The second-order valence-corrected chi connectivity index (χ2v) is 8.52. The second kappa shape index (κ2) is 8.61. The zero-order chi connectivity index (χ0) is 24.7. The van der Waals surface area contributed by atoms with E-state index in [9.17, 15) is 14.7 Å². The van der Waals surface area contributed by atoms with Crippen LogP contribution < -0.4 is 5.32 Å². The number of phenolic OH excluding ortho intramolecular Hbond substituents is 1. The van der Waals surface area contributed by atoms with Crippen LogP contribution in [0.5, 0.6) is 5.75 Å². The van der Waals surface area contributed by atoms with Gasteiger partial charge in [-0.05, 0) is 56.2 Å². The third-order valence-corrected chi connectivity index (χ3v) is 6.15. The van der Waals surface area contributed by atoms with E-state index in [0.29, 0.717) is 33.5 Å². The predicted molar refractivity (Wildman–Crippen MR) is 134 cm³/mol. The molecular weight excluding hydrogens is 442 g/mol. The first-order valence-corrected chi connectivity index (χ1v) is 11.1. The molecule has 0 bridgehead atoms. The average Bonchev–Trinajstić information content (AvgIpc) is 3.48. The highest BCUT2D eigenvalue weighted by Gasteiger charge is 2.24. The molecular formula is C28H23N3O4. The Morgan fingerprint density at radius 3 is 2.49 bits per heavy atom. The lowest BCUT2D eigenvalue weighted by molar-refractivity contribution is 0.101. The number of aryl methyl sites for hydroxylation is 2. The number of fused-ring (bicyclic) bond motifs is 1. The molecule has 0 saturated carbocycles. The van der Waals surface area contributed by atoms with E-state index < -0.39 is 5.91 Å². The minimum Gasteiger partial charge on any atom is -0.507 e. The van der Waals surface area contributed by atoms with Crippen LogP contribution in [0, 0.1) is 20.8 Å². The van der Waals surface area contributed by atoms with Gasteiger partial charge in [-0.2, -0.15) is 5.10 Å². The molecule has 0 aliphatic rings. The number of anilines is 1. The zero-order valence-corrected chi connectivity index (χ0v) is 19.5. The lowest BCUT2D eigenvalue weighted by Crippen LogP contribution is -2.14. The molecule has 3 N–H and O–H groups in total. The van der Waals surface area contributed by atoms with Crippen LogP contribution in [0.2, 0.25) is 0 Å². The molecule has 0 aliphatic heterocycles. The summed E-state index contributed by atoms with van der Waals surface area (Å²) in [7, 11) is 0. The summed E-state index contributed by atoms with van der Waals surface area (Å²) in [4.78, 5) is 26.4. The van der Waals surface area contributed by atoms with E-state index in [1.54, 1.807) is 42.5 Å². The second-order valence-electron chi connectivity index (χ2n) is 8.52. The van der Waals surface area contributed by atoms with Crippen LogP contribution in [-0.4, -0.2) is 27.0 Å². The molecule has 1 amide bonds. The van der Waals surface area contributed by atoms with Crippen LogP contribution in [0.1, 0.15) is 43.3 Å². The van der Waals surface area contributed by atoms with Crippen molar-refractivity contribution in [2.45, 2.75) is 20.8 Å². The maximum absolute atomic E-state index is 13.3. The highest BCUT2D eigenvalue weighted by atomic mass is 16.3. The van der Waals surface area contributed by atoms with Gasteiger partial charge in [-0.25, -0.2) is 0 Å². The molecule has 7 nitrogen and oxygen atoms in total. The fourth-order valence-corrected chi connectivity index (χ4v) is 3.93. The number of H-pyrrole nitrogens is 1. The number of aromatic hydroxyl groups is 1. The van der Waals surface area contributed by atoms with Gasteiger partial charge < -0.3 is 14.8 Å². The summed E-state index contributed by atoms with van der Waals surface area (Å²) in [5.74, 6) is -0.649. The van der Waals surface area contributed by atoms with Gasteiger partial charge in [0, 0.05) is 16.5 Å². The van der Waals surface area contributed by atoms with Crippen molar-refractivity contribution in [2.75, 3.05) is 5.32 Å². The summed E-state index contributed by atoms with van der Waals surface area (Å²) in [6.07, 6.45) is 0. The van der Waals surface area contributed by atoms with E-state index in [1.165, 1.54) is 0 Å². The smallest absolute Gasteiger partial charge is 0.273 e. The van der Waals surface area contributed by atoms with Gasteiger partial charge >= 0.3 is 0 Å². The molecule has 0 saturated heterocycles. The SMILES string of the molecule is Cc1ccc(C(=O)c2oc3ccccc3c2NC(=O)c2cc(-c3ccc(C)c(C)c3O)n[nH]2)cc1. The number of carbonyl (C=O) groups excluding carboxylic acids is 2. The number of aromatic nitrogens is 2. The van der Waals surface area contributed by atoms with E-state index >= 15 is 0 Å². The van der Waals surface area contributed by atoms with E-state index in [2.05, 4.69) is 15.5 Å². The van der Waals surface area contributed by atoms with Crippen LogP contribution in [0.25, 0.3) is 22.2 Å². The quantitative estimate of drug-likeness (QED) is 0.279. The van der Waals surface area contributed by atoms with Crippen LogP contribution in [-0.2, 0) is 0 Å². The van der Waals surface area contributed by atoms with Crippen molar-refractivity contribution in [2.24, 2.45) is 0 Å². The molecule has 5 aromatic rings. The van der Waals surface area contributed by atoms with Crippen molar-refractivity contribution in [3.05, 3.63) is 100 Å². The molecule has 0 unspecified atom stereocenters. The topological polar surface area (TPSA) is 108 Å². The highest BCUT2D eigenvalue weighted by molar-refractivity contribution is 6.18. The van der Waals surface area contributed by atoms with E-state index in [-0.39, 0.29) is 23.0 Å². The standard InChI is InChI=1S/C28H23N3O4/c1-15-8-11-18(12-9-15)26(33)27-24(20-6-4-5-7-23(20)35-27)29-28(34)22-14-21(30-31-22)19-13-10-16(2)17(3)25(19)32/h4-14,32H,1-3H3,(H,29,34)(H,30,31). The monoisotopic (exact) mass is 465 g/mol. The first kappa shape index (κ1) is 22.2. The minimum atomic E-state index is -0.489. The number of ketones is 1. The molecule has 7 heteroatoms. The molecule has 0 atom stereocenters. The summed E-state index contributed by atoms with van der Waals surface area (Å²) in [6.45, 7) is 5.68. The number of rotatable bonds is 5. The third-order valence-electron chi connectivity index (χ3n) is 6.15. The normalized spacial score (nSPS) is 11.1.